The van der Waals surface area contributed by atoms with E-state index in [1.54, 1.807) is 6.08 Å². The van der Waals surface area contributed by atoms with Crippen molar-refractivity contribution in [1.29, 1.82) is 0 Å². The van der Waals surface area contributed by atoms with Gasteiger partial charge in [0.15, 0.2) is 18.9 Å². The van der Waals surface area contributed by atoms with Gasteiger partial charge >= 0.3 is 0 Å². The van der Waals surface area contributed by atoms with Gasteiger partial charge in [0.1, 0.15) is 73.2 Å². The van der Waals surface area contributed by atoms with E-state index in [2.05, 4.69) is 19.2 Å². The van der Waals surface area contributed by atoms with E-state index in [1.807, 2.05) is 6.08 Å². The first kappa shape index (κ1) is 87.7. The van der Waals surface area contributed by atoms with Gasteiger partial charge in [0.2, 0.25) is 5.91 Å². The number of unbranched alkanes of at least 4 members (excludes halogenated alkanes) is 47. The Hall–Kier alpha value is -1.47. The molecule has 0 bridgehead atoms. The van der Waals surface area contributed by atoms with Gasteiger partial charge in [0.05, 0.1) is 38.6 Å². The van der Waals surface area contributed by atoms with Gasteiger partial charge in [-0.1, -0.05) is 321 Å². The summed E-state index contributed by atoms with van der Waals surface area (Å²) in [5.41, 5.74) is 0. The number of allylic oxidation sites excluding steroid dienone is 1. The predicted octanol–water partition coefficient (Wildman–Crippen LogP) is 12.4. The molecule has 562 valence electrons. The van der Waals surface area contributed by atoms with Crippen molar-refractivity contribution in [3.8, 4) is 0 Å². The SMILES string of the molecule is CCCCCCCCCCCCCCCCCCCCCCCCCC/C=C/C(O)C(COC1OC(CO)C(OC2OC(CO)C(OC3OC(CO)C(O)C(O)C3O)C(O)C2O)C(O)C1O)NC(=O)CCCCCCCCCCCCCCCCCCCCCCCCCC. The smallest absolute Gasteiger partial charge is 0.220 e. The molecule has 3 heterocycles. The first-order valence-corrected chi connectivity index (χ1v) is 39.4. The standard InChI is InChI=1S/C76H145NO18/c1-3-5-7-9-11-13-15-17-19-21-23-25-27-29-30-31-33-35-37-39-41-43-45-47-49-51-53-60(81)59(77-64(82)54-52-50-48-46-44-42-40-38-36-34-32-28-26-24-22-20-18-16-14-12-10-8-6-4-2)58-90-74-70(88)67(85)72(62(56-79)92-74)95-76-71(89)68(86)73(63(57-80)93-76)94-75-69(87)66(84)65(83)61(55-78)91-75/h51,53,59-63,65-76,78-81,83-89H,3-50,52,54-58H2,1-2H3,(H,77,82)/b53-51+. The van der Waals surface area contributed by atoms with E-state index >= 15 is 0 Å². The average molecular weight is 1360 g/mol. The lowest BCUT2D eigenvalue weighted by atomic mass is 9.96. The van der Waals surface area contributed by atoms with E-state index in [-0.39, 0.29) is 18.9 Å². The van der Waals surface area contributed by atoms with Gasteiger partial charge in [-0.25, -0.2) is 0 Å². The zero-order valence-electron chi connectivity index (χ0n) is 59.9. The molecule has 95 heavy (non-hydrogen) atoms. The summed E-state index contributed by atoms with van der Waals surface area (Å²) in [7, 11) is 0. The summed E-state index contributed by atoms with van der Waals surface area (Å²) in [6.07, 6.45) is 40.5. The van der Waals surface area contributed by atoms with Crippen LogP contribution in [0.2, 0.25) is 0 Å². The van der Waals surface area contributed by atoms with Gasteiger partial charge in [-0.3, -0.25) is 4.79 Å². The van der Waals surface area contributed by atoms with Crippen molar-refractivity contribution < 1.29 is 89.4 Å². The van der Waals surface area contributed by atoms with E-state index in [4.69, 9.17) is 28.4 Å². The van der Waals surface area contributed by atoms with Crippen molar-refractivity contribution in [2.45, 2.75) is 439 Å². The maximum Gasteiger partial charge on any atom is 0.220 e. The van der Waals surface area contributed by atoms with E-state index in [1.165, 1.54) is 263 Å². The van der Waals surface area contributed by atoms with Crippen LogP contribution in [0.1, 0.15) is 335 Å². The van der Waals surface area contributed by atoms with Crippen molar-refractivity contribution in [2.24, 2.45) is 0 Å². The Morgan fingerprint density at radius 3 is 0.989 bits per heavy atom. The molecule has 17 atom stereocenters. The number of ether oxygens (including phenoxy) is 6. The maximum absolute atomic E-state index is 13.5. The van der Waals surface area contributed by atoms with Crippen molar-refractivity contribution in [1.82, 2.24) is 5.32 Å². The summed E-state index contributed by atoms with van der Waals surface area (Å²) in [5, 5.41) is 121. The van der Waals surface area contributed by atoms with Crippen LogP contribution in [-0.2, 0) is 33.2 Å². The molecule has 19 heteroatoms. The largest absolute Gasteiger partial charge is 0.394 e. The number of amides is 1. The van der Waals surface area contributed by atoms with Crippen LogP contribution < -0.4 is 5.32 Å². The normalized spacial score (nSPS) is 27.2. The molecular weight excluding hydrogens is 1210 g/mol. The zero-order chi connectivity index (χ0) is 68.9. The molecule has 17 unspecified atom stereocenters. The second-order valence-electron chi connectivity index (χ2n) is 28.5. The molecule has 1 amide bonds. The van der Waals surface area contributed by atoms with Crippen LogP contribution in [0.3, 0.4) is 0 Å². The first-order valence-electron chi connectivity index (χ1n) is 39.4. The second-order valence-corrected chi connectivity index (χ2v) is 28.5. The molecule has 19 nitrogen and oxygen atoms in total. The highest BCUT2D eigenvalue weighted by Gasteiger charge is 2.53. The highest BCUT2D eigenvalue weighted by Crippen LogP contribution is 2.33. The molecule has 12 N–H and O–H groups in total. The number of nitrogens with one attached hydrogen (secondary N) is 1. The maximum atomic E-state index is 13.5. The average Bonchev–Trinajstić information content (AvgIpc) is 0.787. The molecular formula is C76H145NO18. The molecule has 0 aromatic rings. The van der Waals surface area contributed by atoms with Crippen molar-refractivity contribution in [2.75, 3.05) is 26.4 Å². The Balaban J connectivity index is 1.39. The Labute approximate surface area is 576 Å². The third kappa shape index (κ3) is 39.0. The minimum Gasteiger partial charge on any atom is -0.394 e. The number of carbonyl (C=O) groups excluding carboxylic acids is 1. The fraction of sp³-hybridized carbons (Fsp3) is 0.961. The number of rotatable bonds is 63. The molecule has 0 radical (unpaired) electrons. The molecule has 3 rings (SSSR count). The molecule has 0 aromatic heterocycles. The minimum absolute atomic E-state index is 0.250. The molecule has 0 saturated carbocycles. The van der Waals surface area contributed by atoms with Crippen molar-refractivity contribution >= 4 is 5.91 Å². The van der Waals surface area contributed by atoms with Crippen LogP contribution in [0, 0.1) is 0 Å². The molecule has 0 aromatic carbocycles. The highest BCUT2D eigenvalue weighted by molar-refractivity contribution is 5.76. The molecule has 3 fully saturated rings. The third-order valence-electron chi connectivity index (χ3n) is 20.1. The lowest BCUT2D eigenvalue weighted by molar-refractivity contribution is -0.379. The molecule has 3 aliphatic heterocycles. The summed E-state index contributed by atoms with van der Waals surface area (Å²) in [6.45, 7) is 1.80. The Morgan fingerprint density at radius 2 is 0.653 bits per heavy atom. The number of aliphatic hydroxyl groups is 11. The summed E-state index contributed by atoms with van der Waals surface area (Å²) < 4.78 is 34.5. The summed E-state index contributed by atoms with van der Waals surface area (Å²) in [5.74, 6) is -0.267. The Morgan fingerprint density at radius 1 is 0.368 bits per heavy atom. The Kier molecular flexibility index (Phi) is 53.6. The fourth-order valence-electron chi connectivity index (χ4n) is 13.7. The lowest BCUT2D eigenvalue weighted by Crippen LogP contribution is -2.66. The van der Waals surface area contributed by atoms with Crippen LogP contribution >= 0.6 is 0 Å². The van der Waals surface area contributed by atoms with E-state index in [0.717, 1.165) is 44.9 Å². The predicted molar refractivity (Wildman–Crippen MR) is 374 cm³/mol. The number of carbonyl (C=O) groups is 1. The van der Waals surface area contributed by atoms with Gasteiger partial charge in [-0.15, -0.1) is 0 Å². The number of aliphatic hydroxyl groups excluding tert-OH is 11. The lowest BCUT2D eigenvalue weighted by Gasteiger charge is -2.48. The molecule has 0 aliphatic carbocycles. The first-order chi connectivity index (χ1) is 46.3. The second kappa shape index (κ2) is 58.1. The van der Waals surface area contributed by atoms with Gasteiger partial charge in [0.25, 0.3) is 0 Å². The minimum atomic E-state index is -1.98. The van der Waals surface area contributed by atoms with Crippen LogP contribution in [0.15, 0.2) is 12.2 Å². The molecule has 3 aliphatic rings. The topological polar surface area (TPSA) is 307 Å². The summed E-state index contributed by atoms with van der Waals surface area (Å²) in [6, 6.07) is -0.970. The monoisotopic (exact) mass is 1360 g/mol. The fourth-order valence-corrected chi connectivity index (χ4v) is 13.7. The van der Waals surface area contributed by atoms with Crippen molar-refractivity contribution in [3.63, 3.8) is 0 Å². The number of hydrogen-bond donors (Lipinski definition) is 12. The van der Waals surface area contributed by atoms with Crippen LogP contribution in [0.4, 0.5) is 0 Å². The Bertz CT molecular complexity index is 1770. The van der Waals surface area contributed by atoms with Crippen LogP contribution in [0.5, 0.6) is 0 Å². The molecule has 0 spiro atoms. The highest BCUT2D eigenvalue weighted by atomic mass is 16.8. The van der Waals surface area contributed by atoms with E-state index in [0.29, 0.717) is 6.42 Å². The van der Waals surface area contributed by atoms with Crippen LogP contribution in [0.25, 0.3) is 0 Å². The van der Waals surface area contributed by atoms with Crippen LogP contribution in [-0.4, -0.2) is 193 Å². The van der Waals surface area contributed by atoms with Gasteiger partial charge in [-0.2, -0.15) is 0 Å². The summed E-state index contributed by atoms with van der Waals surface area (Å²) in [4.78, 5) is 13.5. The van der Waals surface area contributed by atoms with Gasteiger partial charge < -0.3 is 89.9 Å². The van der Waals surface area contributed by atoms with Gasteiger partial charge in [0, 0.05) is 6.42 Å². The third-order valence-corrected chi connectivity index (χ3v) is 20.1. The summed E-state index contributed by atoms with van der Waals surface area (Å²) >= 11 is 0. The van der Waals surface area contributed by atoms with Gasteiger partial charge in [-0.05, 0) is 19.3 Å². The van der Waals surface area contributed by atoms with E-state index in [9.17, 15) is 61.0 Å². The number of hydrogen-bond acceptors (Lipinski definition) is 18. The van der Waals surface area contributed by atoms with E-state index < -0.39 is 124 Å². The van der Waals surface area contributed by atoms with Crippen molar-refractivity contribution in [3.05, 3.63) is 12.2 Å². The quantitative estimate of drug-likeness (QED) is 0.0199. The zero-order valence-corrected chi connectivity index (χ0v) is 59.9. The molecule has 3 saturated heterocycles.